The van der Waals surface area contributed by atoms with Crippen molar-refractivity contribution in [1.29, 1.82) is 0 Å². The summed E-state index contributed by atoms with van der Waals surface area (Å²) in [6, 6.07) is 0.364. The molecule has 0 spiro atoms. The predicted molar refractivity (Wildman–Crippen MR) is 68.9 cm³/mol. The Labute approximate surface area is 113 Å². The average Bonchev–Trinajstić information content (AvgIpc) is 2.26. The summed E-state index contributed by atoms with van der Waals surface area (Å²) in [5, 5.41) is 12.0. The first-order chi connectivity index (χ1) is 9.10. The minimum atomic E-state index is -0.778. The predicted octanol–water partition coefficient (Wildman–Crippen LogP) is 1.06. The van der Waals surface area contributed by atoms with E-state index >= 15 is 0 Å². The Balaban J connectivity index is 1.93. The van der Waals surface area contributed by atoms with Gasteiger partial charge in [-0.2, -0.15) is 0 Å². The molecule has 19 heavy (non-hydrogen) atoms. The molecule has 0 aromatic carbocycles. The zero-order valence-electron chi connectivity index (χ0n) is 11.3. The van der Waals surface area contributed by atoms with Crippen molar-refractivity contribution < 1.29 is 19.4 Å². The van der Waals surface area contributed by atoms with Crippen LogP contribution in [0.15, 0.2) is 0 Å². The fourth-order valence-corrected chi connectivity index (χ4v) is 2.81. The molecule has 0 aromatic rings. The fourth-order valence-electron chi connectivity index (χ4n) is 2.81. The Bertz CT molecular complexity index is 344. The normalized spacial score (nSPS) is 28.5. The van der Waals surface area contributed by atoms with E-state index < -0.39 is 18.0 Å². The first-order valence-corrected chi connectivity index (χ1v) is 7.00. The molecule has 2 unspecified atom stereocenters. The Morgan fingerprint density at radius 3 is 2.63 bits per heavy atom. The van der Waals surface area contributed by atoms with Crippen LogP contribution in [0.2, 0.25) is 0 Å². The molecule has 0 radical (unpaired) electrons. The number of aliphatic carboxylic acids is 1. The summed E-state index contributed by atoms with van der Waals surface area (Å²) < 4.78 is 4.86. The topological polar surface area (TPSA) is 78.9 Å². The van der Waals surface area contributed by atoms with Gasteiger partial charge >= 0.3 is 12.1 Å². The van der Waals surface area contributed by atoms with E-state index in [1.165, 1.54) is 6.42 Å². The summed E-state index contributed by atoms with van der Waals surface area (Å²) in [6.45, 7) is 3.41. The van der Waals surface area contributed by atoms with Crippen molar-refractivity contribution in [3.8, 4) is 0 Å². The van der Waals surface area contributed by atoms with E-state index in [1.807, 2.05) is 0 Å². The number of carbonyl (C=O) groups excluding carboxylic acids is 1. The molecule has 2 aliphatic rings. The maximum absolute atomic E-state index is 11.4. The second-order valence-electron chi connectivity index (χ2n) is 5.37. The number of carbonyl (C=O) groups is 2. The monoisotopic (exact) mass is 270 g/mol. The highest BCUT2D eigenvalue weighted by atomic mass is 16.5. The number of carboxylic acids is 1. The van der Waals surface area contributed by atoms with E-state index in [9.17, 15) is 14.7 Å². The minimum absolute atomic E-state index is 0.130. The summed E-state index contributed by atoms with van der Waals surface area (Å²) in [4.78, 5) is 24.9. The summed E-state index contributed by atoms with van der Waals surface area (Å²) in [5.41, 5.74) is 0. The van der Waals surface area contributed by atoms with Gasteiger partial charge in [0.2, 0.25) is 0 Å². The van der Waals surface area contributed by atoms with Crippen LogP contribution in [-0.4, -0.2) is 53.8 Å². The first kappa shape index (κ1) is 14.1. The van der Waals surface area contributed by atoms with Gasteiger partial charge in [-0.05, 0) is 26.2 Å². The second-order valence-corrected chi connectivity index (χ2v) is 5.37. The highest BCUT2D eigenvalue weighted by molar-refractivity contribution is 5.71. The van der Waals surface area contributed by atoms with Crippen molar-refractivity contribution in [2.75, 3.05) is 19.7 Å². The highest BCUT2D eigenvalue weighted by Crippen LogP contribution is 2.29. The van der Waals surface area contributed by atoms with E-state index in [4.69, 9.17) is 4.74 Å². The number of alkyl carbamates (subject to hydrolysis) is 1. The molecule has 1 saturated heterocycles. The van der Waals surface area contributed by atoms with Gasteiger partial charge in [0.05, 0.1) is 12.5 Å². The van der Waals surface area contributed by atoms with Gasteiger partial charge in [-0.1, -0.05) is 6.42 Å². The van der Waals surface area contributed by atoms with E-state index in [0.29, 0.717) is 25.6 Å². The van der Waals surface area contributed by atoms with Crippen molar-refractivity contribution >= 4 is 12.1 Å². The molecule has 2 N–H and O–H groups in total. The van der Waals surface area contributed by atoms with Crippen molar-refractivity contribution in [3.63, 3.8) is 0 Å². The third-order valence-electron chi connectivity index (χ3n) is 4.02. The Hall–Kier alpha value is -1.30. The van der Waals surface area contributed by atoms with E-state index in [2.05, 4.69) is 10.2 Å². The van der Waals surface area contributed by atoms with Crippen LogP contribution in [0.25, 0.3) is 0 Å². The third-order valence-corrected chi connectivity index (χ3v) is 4.02. The zero-order chi connectivity index (χ0) is 13.8. The molecule has 0 bridgehead atoms. The number of hydrogen-bond donors (Lipinski definition) is 2. The van der Waals surface area contributed by atoms with Crippen LogP contribution in [0, 0.1) is 5.92 Å². The molecule has 2 atom stereocenters. The molecule has 1 heterocycles. The Morgan fingerprint density at radius 1 is 1.37 bits per heavy atom. The molecule has 1 aliphatic heterocycles. The van der Waals surface area contributed by atoms with Crippen LogP contribution in [0.4, 0.5) is 4.79 Å². The molecule has 2 fully saturated rings. The lowest BCUT2D eigenvalue weighted by Gasteiger charge is -2.44. The van der Waals surface area contributed by atoms with Crippen LogP contribution in [0.5, 0.6) is 0 Å². The van der Waals surface area contributed by atoms with Gasteiger partial charge in [-0.3, -0.25) is 9.69 Å². The van der Waals surface area contributed by atoms with Crippen LogP contribution in [0.1, 0.15) is 32.6 Å². The second kappa shape index (κ2) is 6.23. The van der Waals surface area contributed by atoms with Crippen molar-refractivity contribution in [2.45, 2.75) is 44.7 Å². The number of nitrogens with zero attached hydrogens (tertiary/aromatic N) is 1. The lowest BCUT2D eigenvalue weighted by atomic mass is 9.86. The van der Waals surface area contributed by atoms with Crippen molar-refractivity contribution in [3.05, 3.63) is 0 Å². The van der Waals surface area contributed by atoms with Gasteiger partial charge in [0.1, 0.15) is 0 Å². The lowest BCUT2D eigenvalue weighted by molar-refractivity contribution is -0.144. The highest BCUT2D eigenvalue weighted by Gasteiger charge is 2.37. The SMILES string of the molecule is CCOC(=O)NC1CC(C(=O)O)CN(C2CCC2)C1. The third kappa shape index (κ3) is 3.59. The standard InChI is InChI=1S/C13H22N2O4/c1-2-19-13(18)14-10-6-9(12(16)17)7-15(8-10)11-4-3-5-11/h9-11H,2-8H2,1H3,(H,14,18)(H,16,17). The maximum atomic E-state index is 11.4. The Kier molecular flexibility index (Phi) is 4.63. The molecule has 0 aromatic heterocycles. The van der Waals surface area contributed by atoms with Gasteiger partial charge < -0.3 is 15.2 Å². The number of rotatable bonds is 4. The maximum Gasteiger partial charge on any atom is 0.407 e. The van der Waals surface area contributed by atoms with Crippen molar-refractivity contribution in [2.24, 2.45) is 5.92 Å². The van der Waals surface area contributed by atoms with Gasteiger partial charge in [0, 0.05) is 25.2 Å². The minimum Gasteiger partial charge on any atom is -0.481 e. The molecule has 2 rings (SSSR count). The largest absolute Gasteiger partial charge is 0.481 e. The van der Waals surface area contributed by atoms with Gasteiger partial charge in [0.25, 0.3) is 0 Å². The molecule has 6 nitrogen and oxygen atoms in total. The number of amides is 1. The van der Waals surface area contributed by atoms with Crippen LogP contribution in [-0.2, 0) is 9.53 Å². The first-order valence-electron chi connectivity index (χ1n) is 7.00. The molecule has 108 valence electrons. The molecule has 1 aliphatic carbocycles. The lowest BCUT2D eigenvalue weighted by Crippen LogP contribution is -2.56. The van der Waals surface area contributed by atoms with E-state index in [0.717, 1.165) is 19.4 Å². The van der Waals surface area contributed by atoms with Crippen molar-refractivity contribution in [1.82, 2.24) is 10.2 Å². The number of likely N-dealkylation sites (tertiary alicyclic amines) is 1. The summed E-state index contributed by atoms with van der Waals surface area (Å²) in [7, 11) is 0. The van der Waals surface area contributed by atoms with Gasteiger partial charge in [-0.25, -0.2) is 4.79 Å². The fraction of sp³-hybridized carbons (Fsp3) is 0.846. The number of piperidine rings is 1. The smallest absolute Gasteiger partial charge is 0.407 e. The zero-order valence-corrected chi connectivity index (χ0v) is 11.3. The summed E-state index contributed by atoms with van der Waals surface area (Å²) >= 11 is 0. The number of hydrogen-bond acceptors (Lipinski definition) is 4. The molecule has 1 amide bonds. The molecular weight excluding hydrogens is 248 g/mol. The van der Waals surface area contributed by atoms with Crippen LogP contribution < -0.4 is 5.32 Å². The van der Waals surface area contributed by atoms with Crippen LogP contribution >= 0.6 is 0 Å². The van der Waals surface area contributed by atoms with Gasteiger partial charge in [0.15, 0.2) is 0 Å². The molecular formula is C13H22N2O4. The number of ether oxygens (including phenoxy) is 1. The average molecular weight is 270 g/mol. The number of nitrogens with one attached hydrogen (secondary N) is 1. The van der Waals surface area contributed by atoms with E-state index in [-0.39, 0.29) is 6.04 Å². The summed E-state index contributed by atoms with van der Waals surface area (Å²) in [5.74, 6) is -1.18. The van der Waals surface area contributed by atoms with E-state index in [1.54, 1.807) is 6.92 Å². The molecule has 6 heteroatoms. The quantitative estimate of drug-likeness (QED) is 0.798. The number of carboxylic acid groups (broad SMARTS) is 1. The van der Waals surface area contributed by atoms with Gasteiger partial charge in [-0.15, -0.1) is 0 Å². The Morgan fingerprint density at radius 2 is 2.11 bits per heavy atom. The summed E-state index contributed by atoms with van der Waals surface area (Å²) in [6.07, 6.45) is 3.52. The van der Waals surface area contributed by atoms with Crippen LogP contribution in [0.3, 0.4) is 0 Å². The molecule has 1 saturated carbocycles.